The SMILES string of the molecule is NCCCCCCCN.O=P(O)(O)O. The Morgan fingerprint density at radius 3 is 1.21 bits per heavy atom. The topological polar surface area (TPSA) is 130 Å². The Labute approximate surface area is 84.5 Å². The van der Waals surface area contributed by atoms with Gasteiger partial charge in [-0.15, -0.1) is 0 Å². The summed E-state index contributed by atoms with van der Waals surface area (Å²) in [5.74, 6) is 0. The highest BCUT2D eigenvalue weighted by Gasteiger charge is 2.00. The lowest BCUT2D eigenvalue weighted by Gasteiger charge is -1.96. The first-order chi connectivity index (χ1) is 6.41. The molecular formula is C7H21N2O4P. The Kier molecular flexibility index (Phi) is 13.1. The second-order valence-corrected chi connectivity index (χ2v) is 3.88. The van der Waals surface area contributed by atoms with Crippen molar-refractivity contribution in [1.29, 1.82) is 0 Å². The van der Waals surface area contributed by atoms with Gasteiger partial charge in [0.1, 0.15) is 0 Å². The zero-order valence-corrected chi connectivity index (χ0v) is 9.20. The van der Waals surface area contributed by atoms with Crippen molar-refractivity contribution in [2.75, 3.05) is 13.1 Å². The minimum Gasteiger partial charge on any atom is -0.330 e. The van der Waals surface area contributed by atoms with Crippen LogP contribution in [-0.4, -0.2) is 27.8 Å². The maximum absolute atomic E-state index is 8.88. The Hall–Kier alpha value is 0.0300. The maximum Gasteiger partial charge on any atom is 0.466 e. The van der Waals surface area contributed by atoms with Gasteiger partial charge in [-0.25, -0.2) is 4.57 Å². The number of hydrogen-bond donors (Lipinski definition) is 5. The van der Waals surface area contributed by atoms with Crippen molar-refractivity contribution in [1.82, 2.24) is 0 Å². The highest BCUT2D eigenvalue weighted by molar-refractivity contribution is 7.45. The first kappa shape index (κ1) is 16.5. The van der Waals surface area contributed by atoms with Crippen molar-refractivity contribution < 1.29 is 19.2 Å². The van der Waals surface area contributed by atoms with Gasteiger partial charge < -0.3 is 26.1 Å². The molecule has 0 heterocycles. The second kappa shape index (κ2) is 11.1. The van der Waals surface area contributed by atoms with E-state index < -0.39 is 7.82 Å². The number of rotatable bonds is 6. The Morgan fingerprint density at radius 2 is 1.00 bits per heavy atom. The monoisotopic (exact) mass is 228 g/mol. The van der Waals surface area contributed by atoms with Crippen LogP contribution in [0.2, 0.25) is 0 Å². The molecule has 6 nitrogen and oxygen atoms in total. The smallest absolute Gasteiger partial charge is 0.330 e. The van der Waals surface area contributed by atoms with Gasteiger partial charge >= 0.3 is 7.82 Å². The predicted octanol–water partition coefficient (Wildman–Crippen LogP) is -0.0743. The van der Waals surface area contributed by atoms with Gasteiger partial charge in [0.15, 0.2) is 0 Å². The molecule has 0 aliphatic carbocycles. The average molecular weight is 228 g/mol. The molecule has 0 saturated heterocycles. The molecular weight excluding hydrogens is 207 g/mol. The number of nitrogens with two attached hydrogens (primary N) is 2. The molecule has 0 fully saturated rings. The molecule has 0 amide bonds. The molecule has 7 N–H and O–H groups in total. The van der Waals surface area contributed by atoms with Crippen molar-refractivity contribution in [3.05, 3.63) is 0 Å². The predicted molar refractivity (Wildman–Crippen MR) is 55.5 cm³/mol. The summed E-state index contributed by atoms with van der Waals surface area (Å²) in [4.78, 5) is 21.6. The second-order valence-electron chi connectivity index (χ2n) is 2.86. The van der Waals surface area contributed by atoms with E-state index >= 15 is 0 Å². The fourth-order valence-corrected chi connectivity index (χ4v) is 0.819. The number of hydrogen-bond acceptors (Lipinski definition) is 3. The molecule has 0 aromatic carbocycles. The normalized spacial score (nSPS) is 10.6. The fourth-order valence-electron chi connectivity index (χ4n) is 0.819. The van der Waals surface area contributed by atoms with E-state index in [1.807, 2.05) is 0 Å². The van der Waals surface area contributed by atoms with Crippen LogP contribution in [0.3, 0.4) is 0 Å². The van der Waals surface area contributed by atoms with Crippen LogP contribution in [0.1, 0.15) is 32.1 Å². The zero-order chi connectivity index (χ0) is 11.4. The largest absolute Gasteiger partial charge is 0.466 e. The van der Waals surface area contributed by atoms with Crippen molar-refractivity contribution in [3.63, 3.8) is 0 Å². The van der Waals surface area contributed by atoms with Crippen LogP contribution in [0.15, 0.2) is 0 Å². The van der Waals surface area contributed by atoms with E-state index in [9.17, 15) is 0 Å². The maximum atomic E-state index is 8.88. The molecule has 0 unspecified atom stereocenters. The van der Waals surface area contributed by atoms with E-state index in [1.165, 1.54) is 32.1 Å². The lowest BCUT2D eigenvalue weighted by Crippen LogP contribution is -1.99. The molecule has 14 heavy (non-hydrogen) atoms. The molecule has 0 spiro atoms. The Balaban J connectivity index is 0. The molecule has 0 aromatic rings. The van der Waals surface area contributed by atoms with Crippen LogP contribution in [0.4, 0.5) is 0 Å². The van der Waals surface area contributed by atoms with E-state index in [0.717, 1.165) is 13.1 Å². The molecule has 88 valence electrons. The van der Waals surface area contributed by atoms with Gasteiger partial charge in [-0.05, 0) is 25.9 Å². The van der Waals surface area contributed by atoms with E-state index in [2.05, 4.69) is 0 Å². The van der Waals surface area contributed by atoms with Crippen LogP contribution in [0.25, 0.3) is 0 Å². The standard InChI is InChI=1S/C7H18N2.H3O4P/c8-6-4-2-1-3-5-7-9;1-5(2,3)4/h1-9H2;(H3,1,2,3,4). The summed E-state index contributed by atoms with van der Waals surface area (Å²) in [6, 6.07) is 0. The third-order valence-corrected chi connectivity index (χ3v) is 1.41. The molecule has 0 aliphatic heterocycles. The molecule has 0 saturated carbocycles. The quantitative estimate of drug-likeness (QED) is 0.319. The van der Waals surface area contributed by atoms with Gasteiger partial charge in [0.2, 0.25) is 0 Å². The molecule has 0 rings (SSSR count). The first-order valence-electron chi connectivity index (χ1n) is 4.60. The number of unbranched alkanes of at least 4 members (excludes halogenated alkanes) is 4. The summed E-state index contributed by atoms with van der Waals surface area (Å²) in [6.45, 7) is 1.67. The highest BCUT2D eigenvalue weighted by Crippen LogP contribution is 2.25. The molecule has 7 heteroatoms. The molecule has 0 radical (unpaired) electrons. The summed E-state index contributed by atoms with van der Waals surface area (Å²) in [7, 11) is -4.64. The van der Waals surface area contributed by atoms with Crippen LogP contribution in [0, 0.1) is 0 Å². The van der Waals surface area contributed by atoms with Crippen LogP contribution >= 0.6 is 7.82 Å². The van der Waals surface area contributed by atoms with Gasteiger partial charge in [-0.1, -0.05) is 19.3 Å². The lowest BCUT2D eigenvalue weighted by atomic mass is 10.1. The minimum absolute atomic E-state index is 0.836. The van der Waals surface area contributed by atoms with Crippen LogP contribution < -0.4 is 11.5 Å². The zero-order valence-electron chi connectivity index (χ0n) is 8.30. The lowest BCUT2D eigenvalue weighted by molar-refractivity contribution is 0.275. The van der Waals surface area contributed by atoms with Gasteiger partial charge in [-0.2, -0.15) is 0 Å². The summed E-state index contributed by atoms with van der Waals surface area (Å²) in [6.07, 6.45) is 6.19. The fraction of sp³-hybridized carbons (Fsp3) is 1.00. The summed E-state index contributed by atoms with van der Waals surface area (Å²) in [5.41, 5.74) is 10.6. The van der Waals surface area contributed by atoms with E-state index in [0.29, 0.717) is 0 Å². The third kappa shape index (κ3) is 40.3. The van der Waals surface area contributed by atoms with Gasteiger partial charge in [0.25, 0.3) is 0 Å². The first-order valence-corrected chi connectivity index (χ1v) is 6.16. The average Bonchev–Trinajstić information content (AvgIpc) is 2.01. The van der Waals surface area contributed by atoms with Gasteiger partial charge in [0.05, 0.1) is 0 Å². The van der Waals surface area contributed by atoms with Gasteiger partial charge in [0, 0.05) is 0 Å². The molecule has 0 atom stereocenters. The van der Waals surface area contributed by atoms with Crippen molar-refractivity contribution in [2.24, 2.45) is 11.5 Å². The minimum atomic E-state index is -4.64. The van der Waals surface area contributed by atoms with Crippen LogP contribution in [0.5, 0.6) is 0 Å². The summed E-state index contributed by atoms with van der Waals surface area (Å²) in [5, 5.41) is 0. The Morgan fingerprint density at radius 1 is 0.786 bits per heavy atom. The van der Waals surface area contributed by atoms with E-state index in [1.54, 1.807) is 0 Å². The number of phosphoric acid groups is 1. The van der Waals surface area contributed by atoms with E-state index in [4.69, 9.17) is 30.7 Å². The highest BCUT2D eigenvalue weighted by atomic mass is 31.2. The summed E-state index contributed by atoms with van der Waals surface area (Å²) >= 11 is 0. The molecule has 0 aliphatic rings. The van der Waals surface area contributed by atoms with Crippen molar-refractivity contribution >= 4 is 7.82 Å². The van der Waals surface area contributed by atoms with E-state index in [-0.39, 0.29) is 0 Å². The van der Waals surface area contributed by atoms with Gasteiger partial charge in [-0.3, -0.25) is 0 Å². The van der Waals surface area contributed by atoms with Crippen LogP contribution in [-0.2, 0) is 4.57 Å². The molecule has 0 bridgehead atoms. The molecule has 0 aromatic heterocycles. The summed E-state index contributed by atoms with van der Waals surface area (Å²) < 4.78 is 8.88. The van der Waals surface area contributed by atoms with Crippen molar-refractivity contribution in [3.8, 4) is 0 Å². The van der Waals surface area contributed by atoms with Crippen molar-refractivity contribution in [2.45, 2.75) is 32.1 Å². The Bertz CT molecular complexity index is 136. The third-order valence-electron chi connectivity index (χ3n) is 1.41.